The van der Waals surface area contributed by atoms with E-state index in [-0.39, 0.29) is 23.7 Å². The van der Waals surface area contributed by atoms with Crippen molar-refractivity contribution < 1.29 is 9.59 Å². The van der Waals surface area contributed by atoms with E-state index in [9.17, 15) is 9.59 Å². The van der Waals surface area contributed by atoms with Crippen molar-refractivity contribution in [2.45, 2.75) is 45.2 Å². The molecule has 0 bridgehead atoms. The molecule has 3 rings (SSSR count). The summed E-state index contributed by atoms with van der Waals surface area (Å²) in [6, 6.07) is -0.197. The van der Waals surface area contributed by atoms with E-state index in [0.717, 1.165) is 43.2 Å². The maximum absolute atomic E-state index is 12.1. The largest absolute Gasteiger partial charge is 0.345 e. The average molecular weight is 323 g/mol. The lowest BCUT2D eigenvalue weighted by Gasteiger charge is -2.18. The number of rotatable bonds is 4. The molecule has 3 heterocycles. The van der Waals surface area contributed by atoms with Gasteiger partial charge in [0.2, 0.25) is 5.91 Å². The quantitative estimate of drug-likeness (QED) is 0.905. The van der Waals surface area contributed by atoms with Crippen LogP contribution in [0.15, 0.2) is 0 Å². The molecule has 0 spiro atoms. The highest BCUT2D eigenvalue weighted by molar-refractivity contribution is 8.13. The number of carbonyl (C=O) groups excluding carboxylic acids is 2. The third kappa shape index (κ3) is 3.26. The van der Waals surface area contributed by atoms with E-state index < -0.39 is 0 Å². The van der Waals surface area contributed by atoms with Crippen LogP contribution < -0.4 is 5.32 Å². The minimum absolute atomic E-state index is 0.0147. The van der Waals surface area contributed by atoms with Gasteiger partial charge in [0.25, 0.3) is 5.24 Å². The normalized spacial score (nSPS) is 19.7. The van der Waals surface area contributed by atoms with E-state index >= 15 is 0 Å². The molecule has 2 aliphatic rings. The number of nitrogens with one attached hydrogen (secondary N) is 1. The van der Waals surface area contributed by atoms with E-state index in [1.807, 2.05) is 6.92 Å². The third-order valence-corrected chi connectivity index (χ3v) is 4.97. The summed E-state index contributed by atoms with van der Waals surface area (Å²) in [5.41, 5.74) is 0. The predicted molar refractivity (Wildman–Crippen MR) is 83.6 cm³/mol. The van der Waals surface area contributed by atoms with Crippen molar-refractivity contribution in [1.82, 2.24) is 25.0 Å². The van der Waals surface area contributed by atoms with E-state index in [1.54, 1.807) is 4.90 Å². The van der Waals surface area contributed by atoms with Gasteiger partial charge in [-0.15, -0.1) is 10.2 Å². The summed E-state index contributed by atoms with van der Waals surface area (Å²) >= 11 is 1.27. The lowest BCUT2D eigenvalue weighted by Crippen LogP contribution is -2.39. The van der Waals surface area contributed by atoms with Crippen LogP contribution in [0.3, 0.4) is 0 Å². The summed E-state index contributed by atoms with van der Waals surface area (Å²) in [4.78, 5) is 25.2. The highest BCUT2D eigenvalue weighted by atomic mass is 32.2. The van der Waals surface area contributed by atoms with Crippen LogP contribution in [0.1, 0.15) is 43.9 Å². The van der Waals surface area contributed by atoms with Crippen LogP contribution in [-0.4, -0.2) is 49.7 Å². The number of aryl methyl sites for hydroxylation is 1. The molecule has 1 atom stereocenters. The monoisotopic (exact) mass is 323 g/mol. The van der Waals surface area contributed by atoms with Crippen molar-refractivity contribution in [3.8, 4) is 0 Å². The summed E-state index contributed by atoms with van der Waals surface area (Å²) in [7, 11) is 0. The summed E-state index contributed by atoms with van der Waals surface area (Å²) in [5, 5.41) is 11.4. The minimum atomic E-state index is -0.197. The van der Waals surface area contributed by atoms with Crippen molar-refractivity contribution in [1.29, 1.82) is 0 Å². The van der Waals surface area contributed by atoms with Crippen LogP contribution in [0.5, 0.6) is 0 Å². The number of carbonyl (C=O) groups is 2. The van der Waals surface area contributed by atoms with Gasteiger partial charge < -0.3 is 14.8 Å². The lowest BCUT2D eigenvalue weighted by molar-refractivity contribution is -0.122. The summed E-state index contributed by atoms with van der Waals surface area (Å²) < 4.78 is 2.13. The Morgan fingerprint density at radius 3 is 2.95 bits per heavy atom. The Kier molecular flexibility index (Phi) is 4.66. The van der Waals surface area contributed by atoms with Crippen LogP contribution in [0.4, 0.5) is 4.79 Å². The molecule has 0 radical (unpaired) electrons. The van der Waals surface area contributed by atoms with Gasteiger partial charge in [-0.3, -0.25) is 9.59 Å². The van der Waals surface area contributed by atoms with E-state index in [1.165, 1.54) is 18.2 Å². The molecule has 1 unspecified atom stereocenters. The first-order chi connectivity index (χ1) is 10.6. The first-order valence-corrected chi connectivity index (χ1v) is 8.77. The van der Waals surface area contributed by atoms with Crippen LogP contribution in [0, 0.1) is 0 Å². The van der Waals surface area contributed by atoms with Gasteiger partial charge >= 0.3 is 0 Å². The van der Waals surface area contributed by atoms with Gasteiger partial charge in [0.1, 0.15) is 12.4 Å². The van der Waals surface area contributed by atoms with E-state index in [0.29, 0.717) is 6.54 Å². The first-order valence-electron chi connectivity index (χ1n) is 7.78. The van der Waals surface area contributed by atoms with Gasteiger partial charge in [0.05, 0.1) is 6.04 Å². The van der Waals surface area contributed by atoms with Crippen LogP contribution >= 0.6 is 11.8 Å². The number of thioether (sulfide) groups is 1. The Morgan fingerprint density at radius 1 is 1.32 bits per heavy atom. The summed E-state index contributed by atoms with van der Waals surface area (Å²) in [6.07, 6.45) is 4.43. The Morgan fingerprint density at radius 2 is 2.18 bits per heavy atom. The molecule has 1 aromatic heterocycles. The van der Waals surface area contributed by atoms with Crippen molar-refractivity contribution in [2.75, 3.05) is 18.8 Å². The average Bonchev–Trinajstić information content (AvgIpc) is 2.99. The molecule has 2 aliphatic heterocycles. The van der Waals surface area contributed by atoms with Gasteiger partial charge in [-0.2, -0.15) is 0 Å². The molecule has 1 aromatic rings. The van der Waals surface area contributed by atoms with Crippen molar-refractivity contribution in [2.24, 2.45) is 0 Å². The molecular weight excluding hydrogens is 302 g/mol. The fourth-order valence-corrected chi connectivity index (χ4v) is 3.75. The smallest absolute Gasteiger partial charge is 0.282 e. The Labute approximate surface area is 133 Å². The van der Waals surface area contributed by atoms with Gasteiger partial charge in [-0.05, 0) is 19.8 Å². The zero-order valence-electron chi connectivity index (χ0n) is 12.7. The molecule has 1 saturated heterocycles. The fraction of sp³-hybridized carbons (Fsp3) is 0.714. The second-order valence-electron chi connectivity index (χ2n) is 5.76. The number of hydrogen-bond donors (Lipinski definition) is 1. The molecule has 120 valence electrons. The van der Waals surface area contributed by atoms with Crippen LogP contribution in [0.2, 0.25) is 0 Å². The zero-order valence-corrected chi connectivity index (χ0v) is 13.6. The van der Waals surface area contributed by atoms with Gasteiger partial charge in [-0.25, -0.2) is 0 Å². The highest BCUT2D eigenvalue weighted by Gasteiger charge is 2.25. The Hall–Kier alpha value is -1.57. The third-order valence-electron chi connectivity index (χ3n) is 4.08. The number of fused-ring (bicyclic) bond motifs is 1. The van der Waals surface area contributed by atoms with Crippen molar-refractivity contribution in [3.63, 3.8) is 0 Å². The first kappa shape index (κ1) is 15.3. The van der Waals surface area contributed by atoms with E-state index in [2.05, 4.69) is 20.1 Å². The van der Waals surface area contributed by atoms with Gasteiger partial charge in [0.15, 0.2) is 5.82 Å². The molecule has 1 fully saturated rings. The zero-order chi connectivity index (χ0) is 15.5. The fourth-order valence-electron chi connectivity index (χ4n) is 2.92. The maximum Gasteiger partial charge on any atom is 0.282 e. The highest BCUT2D eigenvalue weighted by Crippen LogP contribution is 2.19. The van der Waals surface area contributed by atoms with Crippen molar-refractivity contribution >= 4 is 22.9 Å². The maximum atomic E-state index is 12.1. The SMILES string of the molecule is CC(NC(=O)CN1CCSC1=O)c1nnc2n1CCCCC2. The van der Waals surface area contributed by atoms with Gasteiger partial charge in [-0.1, -0.05) is 18.2 Å². The topological polar surface area (TPSA) is 80.1 Å². The standard InChI is InChI=1S/C14H21N5O2S/c1-10(15-12(20)9-18-7-8-22-14(18)21)13-17-16-11-5-3-2-4-6-19(11)13/h10H,2-9H2,1H3,(H,15,20). The number of nitrogens with zero attached hydrogens (tertiary/aromatic N) is 4. The molecule has 22 heavy (non-hydrogen) atoms. The van der Waals surface area contributed by atoms with Crippen molar-refractivity contribution in [3.05, 3.63) is 11.6 Å². The molecule has 0 aliphatic carbocycles. The Bertz CT molecular complexity index is 574. The number of aromatic nitrogens is 3. The Balaban J connectivity index is 1.62. The molecule has 0 aromatic carbocycles. The molecule has 0 saturated carbocycles. The molecule has 8 heteroatoms. The summed E-state index contributed by atoms with van der Waals surface area (Å²) in [5.74, 6) is 2.45. The second kappa shape index (κ2) is 6.68. The van der Waals surface area contributed by atoms with Gasteiger partial charge in [0, 0.05) is 25.3 Å². The number of amides is 2. The lowest BCUT2D eigenvalue weighted by atomic mass is 10.2. The molecular formula is C14H21N5O2S. The predicted octanol–water partition coefficient (Wildman–Crippen LogP) is 1.35. The van der Waals surface area contributed by atoms with Crippen LogP contribution in [-0.2, 0) is 17.8 Å². The molecule has 2 amide bonds. The van der Waals surface area contributed by atoms with E-state index in [4.69, 9.17) is 0 Å². The minimum Gasteiger partial charge on any atom is -0.345 e. The molecule has 7 nitrogen and oxygen atoms in total. The molecule has 1 N–H and O–H groups in total. The van der Waals surface area contributed by atoms with Crippen LogP contribution in [0.25, 0.3) is 0 Å². The number of hydrogen-bond acceptors (Lipinski definition) is 5. The second-order valence-corrected chi connectivity index (χ2v) is 6.81. The summed E-state index contributed by atoms with van der Waals surface area (Å²) in [6.45, 7) is 3.60.